The Labute approximate surface area is 139 Å². The molecule has 1 aliphatic heterocycles. The highest BCUT2D eigenvalue weighted by molar-refractivity contribution is 5.76. The average molecular weight is 318 g/mol. The number of amides is 1. The number of nitrogens with two attached hydrogens (primary N) is 1. The van der Waals surface area contributed by atoms with Gasteiger partial charge in [-0.05, 0) is 31.0 Å². The number of nitrogens with one attached hydrogen (secondary N) is 1. The number of nitrogen functional groups attached to an aromatic ring is 1. The van der Waals surface area contributed by atoms with Gasteiger partial charge in [0.1, 0.15) is 0 Å². The molecule has 128 valence electrons. The molecular formula is C18H30N4O. The van der Waals surface area contributed by atoms with Gasteiger partial charge in [-0.15, -0.1) is 0 Å². The molecule has 0 bridgehead atoms. The van der Waals surface area contributed by atoms with Crippen molar-refractivity contribution in [2.45, 2.75) is 19.8 Å². The third kappa shape index (κ3) is 6.20. The van der Waals surface area contributed by atoms with Gasteiger partial charge in [0, 0.05) is 51.4 Å². The second-order valence-corrected chi connectivity index (χ2v) is 6.71. The lowest BCUT2D eigenvalue weighted by atomic mass is 10.1. The Hall–Kier alpha value is -1.59. The summed E-state index contributed by atoms with van der Waals surface area (Å²) in [5, 5.41) is 3.05. The van der Waals surface area contributed by atoms with Crippen molar-refractivity contribution >= 4 is 11.6 Å². The molecular weight excluding hydrogens is 288 g/mol. The van der Waals surface area contributed by atoms with E-state index < -0.39 is 0 Å². The van der Waals surface area contributed by atoms with Gasteiger partial charge in [0.15, 0.2) is 0 Å². The average Bonchev–Trinajstić information content (AvgIpc) is 2.54. The zero-order valence-electron chi connectivity index (χ0n) is 14.4. The van der Waals surface area contributed by atoms with E-state index >= 15 is 0 Å². The van der Waals surface area contributed by atoms with Crippen molar-refractivity contribution in [2.24, 2.45) is 5.92 Å². The number of likely N-dealkylation sites (N-methyl/N-ethyl adjacent to an activating group) is 1. The fourth-order valence-corrected chi connectivity index (χ4v) is 2.92. The topological polar surface area (TPSA) is 61.6 Å². The molecule has 0 aliphatic carbocycles. The van der Waals surface area contributed by atoms with E-state index in [1.54, 1.807) is 0 Å². The number of rotatable bonds is 7. The smallest absolute Gasteiger partial charge is 0.220 e. The Morgan fingerprint density at radius 1 is 1.26 bits per heavy atom. The van der Waals surface area contributed by atoms with Crippen molar-refractivity contribution in [3.63, 3.8) is 0 Å². The van der Waals surface area contributed by atoms with Crippen LogP contribution in [0.1, 0.15) is 18.9 Å². The molecule has 5 nitrogen and oxygen atoms in total. The first-order chi connectivity index (χ1) is 11.0. The van der Waals surface area contributed by atoms with Gasteiger partial charge >= 0.3 is 0 Å². The first-order valence-electron chi connectivity index (χ1n) is 8.55. The predicted molar refractivity (Wildman–Crippen MR) is 95.3 cm³/mol. The molecule has 1 fully saturated rings. The third-order valence-corrected chi connectivity index (χ3v) is 4.49. The SMILES string of the molecule is CC(CNC(=O)CCc1ccccc1N)CN1CCN(C)CC1. The second kappa shape index (κ2) is 8.89. The number of aryl methyl sites for hydroxylation is 1. The number of piperazine rings is 1. The molecule has 0 aromatic heterocycles. The van der Waals surface area contributed by atoms with E-state index in [2.05, 4.69) is 29.1 Å². The number of carbonyl (C=O) groups is 1. The Kier molecular flexibility index (Phi) is 6.86. The van der Waals surface area contributed by atoms with Crippen LogP contribution in [-0.4, -0.2) is 62.0 Å². The number of benzene rings is 1. The molecule has 1 heterocycles. The number of hydrogen-bond donors (Lipinski definition) is 2. The zero-order chi connectivity index (χ0) is 16.7. The molecule has 1 aromatic rings. The number of anilines is 1. The first-order valence-corrected chi connectivity index (χ1v) is 8.55. The van der Waals surface area contributed by atoms with Crippen LogP contribution in [0.15, 0.2) is 24.3 Å². The Morgan fingerprint density at radius 2 is 1.96 bits per heavy atom. The highest BCUT2D eigenvalue weighted by atomic mass is 16.1. The quantitative estimate of drug-likeness (QED) is 0.742. The standard InChI is InChI=1S/C18H30N4O/c1-15(14-22-11-9-21(2)10-12-22)13-20-18(23)8-7-16-5-3-4-6-17(16)19/h3-6,15H,7-14,19H2,1-2H3,(H,20,23). The van der Waals surface area contributed by atoms with Crippen LogP contribution in [0.25, 0.3) is 0 Å². The summed E-state index contributed by atoms with van der Waals surface area (Å²) in [7, 11) is 2.17. The van der Waals surface area contributed by atoms with Crippen LogP contribution in [0.5, 0.6) is 0 Å². The largest absolute Gasteiger partial charge is 0.399 e. The Balaban J connectivity index is 1.63. The van der Waals surface area contributed by atoms with Crippen LogP contribution < -0.4 is 11.1 Å². The fraction of sp³-hybridized carbons (Fsp3) is 0.611. The molecule has 1 aromatic carbocycles. The zero-order valence-corrected chi connectivity index (χ0v) is 14.4. The predicted octanol–water partition coefficient (Wildman–Crippen LogP) is 1.20. The number of nitrogens with zero attached hydrogens (tertiary/aromatic N) is 2. The van der Waals surface area contributed by atoms with Crippen LogP contribution in [0.4, 0.5) is 5.69 Å². The van der Waals surface area contributed by atoms with Crippen molar-refractivity contribution in [1.29, 1.82) is 0 Å². The van der Waals surface area contributed by atoms with Gasteiger partial charge in [-0.3, -0.25) is 4.79 Å². The molecule has 1 saturated heterocycles. The number of carbonyl (C=O) groups excluding carboxylic acids is 1. The summed E-state index contributed by atoms with van der Waals surface area (Å²) in [6, 6.07) is 7.74. The highest BCUT2D eigenvalue weighted by Crippen LogP contribution is 2.12. The summed E-state index contributed by atoms with van der Waals surface area (Å²) in [6.07, 6.45) is 1.20. The first kappa shape index (κ1) is 17.8. The van der Waals surface area contributed by atoms with Gasteiger partial charge in [-0.2, -0.15) is 0 Å². The molecule has 0 saturated carbocycles. The van der Waals surface area contributed by atoms with Crippen LogP contribution in [0.3, 0.4) is 0 Å². The summed E-state index contributed by atoms with van der Waals surface area (Å²) in [4.78, 5) is 16.8. The molecule has 3 N–H and O–H groups in total. The summed E-state index contributed by atoms with van der Waals surface area (Å²) >= 11 is 0. The summed E-state index contributed by atoms with van der Waals surface area (Å²) in [6.45, 7) is 8.53. The lowest BCUT2D eigenvalue weighted by molar-refractivity contribution is -0.121. The van der Waals surface area contributed by atoms with E-state index in [1.165, 1.54) is 0 Å². The van der Waals surface area contributed by atoms with E-state index in [0.717, 1.165) is 50.5 Å². The minimum Gasteiger partial charge on any atom is -0.399 e. The maximum Gasteiger partial charge on any atom is 0.220 e. The molecule has 1 amide bonds. The van der Waals surface area contributed by atoms with Crippen molar-refractivity contribution in [3.8, 4) is 0 Å². The maximum atomic E-state index is 12.0. The van der Waals surface area contributed by atoms with Crippen LogP contribution in [0.2, 0.25) is 0 Å². The molecule has 1 aliphatic rings. The molecule has 1 atom stereocenters. The summed E-state index contributed by atoms with van der Waals surface area (Å²) in [5.41, 5.74) is 7.72. The highest BCUT2D eigenvalue weighted by Gasteiger charge is 2.16. The molecule has 5 heteroatoms. The Morgan fingerprint density at radius 3 is 2.65 bits per heavy atom. The lowest BCUT2D eigenvalue weighted by Gasteiger charge is -2.33. The van der Waals surface area contributed by atoms with Gasteiger partial charge in [0.2, 0.25) is 5.91 Å². The second-order valence-electron chi connectivity index (χ2n) is 6.71. The molecule has 0 radical (unpaired) electrons. The monoisotopic (exact) mass is 318 g/mol. The normalized spacial score (nSPS) is 17.8. The lowest BCUT2D eigenvalue weighted by Crippen LogP contribution is -2.46. The maximum absolute atomic E-state index is 12.0. The van der Waals surface area contributed by atoms with Crippen LogP contribution in [-0.2, 0) is 11.2 Å². The molecule has 23 heavy (non-hydrogen) atoms. The Bertz CT molecular complexity index is 498. The van der Waals surface area contributed by atoms with Gasteiger partial charge in [0.25, 0.3) is 0 Å². The van der Waals surface area contributed by atoms with E-state index in [1.807, 2.05) is 24.3 Å². The van der Waals surface area contributed by atoms with Gasteiger partial charge in [0.05, 0.1) is 0 Å². The fourth-order valence-electron chi connectivity index (χ4n) is 2.92. The molecule has 1 unspecified atom stereocenters. The third-order valence-electron chi connectivity index (χ3n) is 4.49. The molecule has 2 rings (SSSR count). The molecule has 0 spiro atoms. The minimum atomic E-state index is 0.110. The van der Waals surface area contributed by atoms with E-state index in [9.17, 15) is 4.79 Å². The number of hydrogen-bond acceptors (Lipinski definition) is 4. The van der Waals surface area contributed by atoms with Gasteiger partial charge in [-0.25, -0.2) is 0 Å². The summed E-state index contributed by atoms with van der Waals surface area (Å²) in [5.74, 6) is 0.586. The number of para-hydroxylation sites is 1. The van der Waals surface area contributed by atoms with E-state index in [4.69, 9.17) is 5.73 Å². The van der Waals surface area contributed by atoms with Crippen molar-refractivity contribution in [2.75, 3.05) is 52.0 Å². The van der Waals surface area contributed by atoms with Crippen LogP contribution in [0, 0.1) is 5.92 Å². The van der Waals surface area contributed by atoms with E-state index in [-0.39, 0.29) is 5.91 Å². The van der Waals surface area contributed by atoms with Gasteiger partial charge in [-0.1, -0.05) is 25.1 Å². The van der Waals surface area contributed by atoms with Crippen LogP contribution >= 0.6 is 0 Å². The summed E-state index contributed by atoms with van der Waals surface area (Å²) < 4.78 is 0. The van der Waals surface area contributed by atoms with Crippen molar-refractivity contribution in [3.05, 3.63) is 29.8 Å². The van der Waals surface area contributed by atoms with Crippen molar-refractivity contribution in [1.82, 2.24) is 15.1 Å². The van der Waals surface area contributed by atoms with Gasteiger partial charge < -0.3 is 20.9 Å². The van der Waals surface area contributed by atoms with E-state index in [0.29, 0.717) is 18.8 Å². The van der Waals surface area contributed by atoms with Crippen molar-refractivity contribution < 1.29 is 4.79 Å². The minimum absolute atomic E-state index is 0.110.